The summed E-state index contributed by atoms with van der Waals surface area (Å²) >= 11 is 0. The summed E-state index contributed by atoms with van der Waals surface area (Å²) in [6.07, 6.45) is -1.42. The Balaban J connectivity index is 4.10. The van der Waals surface area contributed by atoms with Gasteiger partial charge >= 0.3 is 11.8 Å². The van der Waals surface area contributed by atoms with E-state index in [0.29, 0.717) is 0 Å². The summed E-state index contributed by atoms with van der Waals surface area (Å²) in [6.45, 7) is -1.36. The van der Waals surface area contributed by atoms with Crippen molar-refractivity contribution in [3.05, 3.63) is 0 Å². The first-order valence-corrected chi connectivity index (χ1v) is 2.63. The molecule has 0 aromatic rings. The predicted octanol–water partition coefficient (Wildman–Crippen LogP) is 2.64. The normalized spacial score (nSPS) is 13.8. The number of rotatable bonds is 3. The Kier molecular flexibility index (Phi) is 2.62. The standard InChI is InChI=1S/C5H7F5/c1-4(7,8)5(9,10)2-3-6/h2-3H2,1H3. The molecule has 0 heterocycles. The van der Waals surface area contributed by atoms with Crippen LogP contribution >= 0.6 is 0 Å². The molecular formula is C5H7F5. The lowest BCUT2D eigenvalue weighted by Gasteiger charge is -2.21. The average molecular weight is 162 g/mol. The zero-order chi connectivity index (χ0) is 8.41. The molecule has 0 aromatic heterocycles. The Bertz CT molecular complexity index is 103. The summed E-state index contributed by atoms with van der Waals surface area (Å²) in [7, 11) is 0. The molecule has 0 saturated carbocycles. The van der Waals surface area contributed by atoms with E-state index in [0.717, 1.165) is 0 Å². The van der Waals surface area contributed by atoms with Crippen molar-refractivity contribution < 1.29 is 22.0 Å². The van der Waals surface area contributed by atoms with Crippen molar-refractivity contribution in [2.24, 2.45) is 0 Å². The first-order chi connectivity index (χ1) is 4.31. The van der Waals surface area contributed by atoms with Crippen LogP contribution in [-0.4, -0.2) is 18.5 Å². The molecule has 0 aliphatic rings. The van der Waals surface area contributed by atoms with E-state index in [2.05, 4.69) is 0 Å². The van der Waals surface area contributed by atoms with Gasteiger partial charge in [-0.2, -0.15) is 8.78 Å². The van der Waals surface area contributed by atoms with Crippen LogP contribution < -0.4 is 0 Å². The highest BCUT2D eigenvalue weighted by atomic mass is 19.3. The van der Waals surface area contributed by atoms with Gasteiger partial charge in [0.1, 0.15) is 0 Å². The first kappa shape index (κ1) is 9.65. The lowest BCUT2D eigenvalue weighted by Crippen LogP contribution is -2.37. The van der Waals surface area contributed by atoms with Crippen LogP contribution in [0.15, 0.2) is 0 Å². The van der Waals surface area contributed by atoms with E-state index < -0.39 is 24.9 Å². The number of hydrogen-bond donors (Lipinski definition) is 0. The molecule has 0 fully saturated rings. The predicted molar refractivity (Wildman–Crippen MR) is 26.2 cm³/mol. The van der Waals surface area contributed by atoms with Gasteiger partial charge in [0.05, 0.1) is 6.67 Å². The van der Waals surface area contributed by atoms with Crippen LogP contribution in [0.25, 0.3) is 0 Å². The fraction of sp³-hybridized carbons (Fsp3) is 1.00. The van der Waals surface area contributed by atoms with Crippen molar-refractivity contribution in [3.63, 3.8) is 0 Å². The number of hydrogen-bond acceptors (Lipinski definition) is 0. The van der Waals surface area contributed by atoms with Gasteiger partial charge in [0, 0.05) is 13.3 Å². The molecule has 0 nitrogen and oxygen atoms in total. The molecule has 0 rings (SSSR count). The summed E-state index contributed by atoms with van der Waals surface area (Å²) < 4.78 is 58.6. The maximum atomic E-state index is 11.9. The first-order valence-electron chi connectivity index (χ1n) is 2.63. The summed E-state index contributed by atoms with van der Waals surface area (Å²) in [5, 5.41) is 0. The highest BCUT2D eigenvalue weighted by Gasteiger charge is 2.51. The van der Waals surface area contributed by atoms with Crippen LogP contribution in [0.4, 0.5) is 22.0 Å². The smallest absolute Gasteiger partial charge is 0.251 e. The lowest BCUT2D eigenvalue weighted by molar-refractivity contribution is -0.202. The van der Waals surface area contributed by atoms with Gasteiger partial charge in [-0.1, -0.05) is 0 Å². The lowest BCUT2D eigenvalue weighted by atomic mass is 10.1. The molecule has 0 unspecified atom stereocenters. The Morgan fingerprint density at radius 2 is 1.50 bits per heavy atom. The number of alkyl halides is 5. The van der Waals surface area contributed by atoms with Crippen LogP contribution in [-0.2, 0) is 0 Å². The molecule has 0 aromatic carbocycles. The molecule has 10 heavy (non-hydrogen) atoms. The molecule has 0 saturated heterocycles. The van der Waals surface area contributed by atoms with Crippen molar-refractivity contribution >= 4 is 0 Å². The zero-order valence-corrected chi connectivity index (χ0v) is 5.30. The maximum Gasteiger partial charge on any atom is 0.312 e. The van der Waals surface area contributed by atoms with Crippen molar-refractivity contribution in [1.82, 2.24) is 0 Å². The Morgan fingerprint density at radius 1 is 1.10 bits per heavy atom. The molecule has 0 amide bonds. The van der Waals surface area contributed by atoms with E-state index in [-0.39, 0.29) is 6.92 Å². The molecule has 0 radical (unpaired) electrons. The molecule has 62 valence electrons. The minimum atomic E-state index is -4.22. The zero-order valence-electron chi connectivity index (χ0n) is 5.30. The third-order valence-corrected chi connectivity index (χ3v) is 1.05. The summed E-state index contributed by atoms with van der Waals surface area (Å²) in [6, 6.07) is 0. The fourth-order valence-corrected chi connectivity index (χ4v) is 0.338. The molecule has 0 aliphatic carbocycles. The number of halogens is 5. The second kappa shape index (κ2) is 2.72. The van der Waals surface area contributed by atoms with Crippen molar-refractivity contribution in [2.75, 3.05) is 6.67 Å². The second-order valence-electron chi connectivity index (χ2n) is 2.03. The highest BCUT2D eigenvalue weighted by molar-refractivity contribution is 4.79. The fourth-order valence-electron chi connectivity index (χ4n) is 0.338. The van der Waals surface area contributed by atoms with Gasteiger partial charge in [0.2, 0.25) is 0 Å². The Labute approximate surface area is 55.0 Å². The van der Waals surface area contributed by atoms with E-state index in [1.54, 1.807) is 0 Å². The average Bonchev–Trinajstić information content (AvgIpc) is 1.61. The van der Waals surface area contributed by atoms with E-state index in [4.69, 9.17) is 0 Å². The van der Waals surface area contributed by atoms with Gasteiger partial charge in [-0.25, -0.2) is 8.78 Å². The van der Waals surface area contributed by atoms with Crippen LogP contribution in [0, 0.1) is 0 Å². The molecule has 0 aliphatic heterocycles. The van der Waals surface area contributed by atoms with Crippen molar-refractivity contribution in [3.8, 4) is 0 Å². The van der Waals surface area contributed by atoms with Gasteiger partial charge in [0.15, 0.2) is 0 Å². The molecule has 5 heteroatoms. The summed E-state index contributed by atoms with van der Waals surface area (Å²) in [5.74, 6) is -8.35. The summed E-state index contributed by atoms with van der Waals surface area (Å²) in [5.41, 5.74) is 0. The minimum Gasteiger partial charge on any atom is -0.251 e. The maximum absolute atomic E-state index is 11.9. The molecule has 0 bridgehead atoms. The Morgan fingerprint density at radius 3 is 1.60 bits per heavy atom. The Hall–Kier alpha value is -0.350. The topological polar surface area (TPSA) is 0 Å². The monoisotopic (exact) mass is 162 g/mol. The molecule has 0 N–H and O–H groups in total. The van der Waals surface area contributed by atoms with Gasteiger partial charge in [-0.15, -0.1) is 0 Å². The van der Waals surface area contributed by atoms with Gasteiger partial charge in [-0.05, 0) is 0 Å². The van der Waals surface area contributed by atoms with Crippen LogP contribution in [0.3, 0.4) is 0 Å². The van der Waals surface area contributed by atoms with Gasteiger partial charge in [0.25, 0.3) is 0 Å². The van der Waals surface area contributed by atoms with Crippen LogP contribution in [0.2, 0.25) is 0 Å². The molecular weight excluding hydrogens is 155 g/mol. The van der Waals surface area contributed by atoms with Gasteiger partial charge in [-0.3, -0.25) is 4.39 Å². The molecule has 0 spiro atoms. The molecule has 0 atom stereocenters. The minimum absolute atomic E-state index is 0.0721. The highest BCUT2D eigenvalue weighted by Crippen LogP contribution is 2.36. The quantitative estimate of drug-likeness (QED) is 0.559. The van der Waals surface area contributed by atoms with Crippen LogP contribution in [0.1, 0.15) is 13.3 Å². The SMILES string of the molecule is CC(F)(F)C(F)(F)CCF. The van der Waals surface area contributed by atoms with E-state index >= 15 is 0 Å². The van der Waals surface area contributed by atoms with Crippen molar-refractivity contribution in [2.45, 2.75) is 25.2 Å². The van der Waals surface area contributed by atoms with Gasteiger partial charge < -0.3 is 0 Å². The van der Waals surface area contributed by atoms with Crippen LogP contribution in [0.5, 0.6) is 0 Å². The van der Waals surface area contributed by atoms with E-state index in [1.165, 1.54) is 0 Å². The van der Waals surface area contributed by atoms with E-state index in [9.17, 15) is 22.0 Å². The second-order valence-corrected chi connectivity index (χ2v) is 2.03. The van der Waals surface area contributed by atoms with E-state index in [1.807, 2.05) is 0 Å². The third-order valence-electron chi connectivity index (χ3n) is 1.05. The summed E-state index contributed by atoms with van der Waals surface area (Å²) in [4.78, 5) is 0. The third kappa shape index (κ3) is 2.11. The van der Waals surface area contributed by atoms with Crippen molar-refractivity contribution in [1.29, 1.82) is 0 Å². The largest absolute Gasteiger partial charge is 0.312 e.